The van der Waals surface area contributed by atoms with Gasteiger partial charge >= 0.3 is 0 Å². The minimum atomic E-state index is 0.889. The van der Waals surface area contributed by atoms with Crippen molar-refractivity contribution in [3.8, 4) is 0 Å². The van der Waals surface area contributed by atoms with Crippen LogP contribution < -0.4 is 5.32 Å². The number of nitrogens with one attached hydrogen (secondary N) is 1. The van der Waals surface area contributed by atoms with Gasteiger partial charge in [0.05, 0.1) is 39.5 Å². The maximum Gasteiger partial charge on any atom is 0.102 e. The highest BCUT2D eigenvalue weighted by atomic mass is 16.5. The molecule has 4 nitrogen and oxygen atoms in total. The van der Waals surface area contributed by atoms with Crippen LogP contribution >= 0.6 is 0 Å². The van der Waals surface area contributed by atoms with Gasteiger partial charge in [0, 0.05) is 13.1 Å². The summed E-state index contributed by atoms with van der Waals surface area (Å²) in [4.78, 5) is 0. The minimum Gasteiger partial charge on any atom is -0.379 e. The third-order valence-corrected chi connectivity index (χ3v) is 3.61. The van der Waals surface area contributed by atoms with E-state index in [1.54, 1.807) is 0 Å². The van der Waals surface area contributed by atoms with E-state index in [4.69, 9.17) is 9.47 Å². The lowest BCUT2D eigenvalue weighted by Crippen LogP contribution is -2.54. The molecular weight excluding hydrogens is 204 g/mol. The monoisotopic (exact) mass is 231 g/mol. The van der Waals surface area contributed by atoms with E-state index in [0.29, 0.717) is 0 Å². The second-order valence-electron chi connectivity index (χ2n) is 4.40. The Labute approximate surface area is 99.5 Å². The number of morpholine rings is 2. The second-order valence-corrected chi connectivity index (χ2v) is 4.40. The molecule has 16 heavy (non-hydrogen) atoms. The number of likely N-dealkylation sites (N-methyl/N-ethyl adjacent to an activating group) is 1. The molecule has 2 aliphatic heterocycles. The number of hydrogen-bond donors (Lipinski definition) is 1. The highest BCUT2D eigenvalue weighted by Gasteiger charge is 2.25. The fourth-order valence-corrected chi connectivity index (χ4v) is 2.10. The van der Waals surface area contributed by atoms with Gasteiger partial charge in [-0.2, -0.15) is 0 Å². The van der Waals surface area contributed by atoms with Crippen LogP contribution in [0.3, 0.4) is 0 Å². The Morgan fingerprint density at radius 2 is 1.38 bits per heavy atom. The van der Waals surface area contributed by atoms with Crippen molar-refractivity contribution in [3.05, 3.63) is 0 Å². The summed E-state index contributed by atoms with van der Waals surface area (Å²) in [5, 5.41) is 3.16. The van der Waals surface area contributed by atoms with Gasteiger partial charge in [0.25, 0.3) is 0 Å². The normalized spacial score (nSPS) is 24.4. The second kappa shape index (κ2) is 8.01. The molecule has 2 aliphatic rings. The minimum absolute atomic E-state index is 0.889. The van der Waals surface area contributed by atoms with Crippen LogP contribution in [-0.2, 0) is 9.47 Å². The fraction of sp³-hybridized carbons (Fsp3) is 1.00. The molecule has 1 N–H and O–H groups in total. The van der Waals surface area contributed by atoms with Gasteiger partial charge < -0.3 is 19.3 Å². The summed E-state index contributed by atoms with van der Waals surface area (Å²) in [6.45, 7) is 15.3. The van der Waals surface area contributed by atoms with Crippen LogP contribution in [0, 0.1) is 0 Å². The third kappa shape index (κ3) is 4.78. The quantitative estimate of drug-likeness (QED) is 0.701. The van der Waals surface area contributed by atoms with Gasteiger partial charge in [0.1, 0.15) is 13.1 Å². The van der Waals surface area contributed by atoms with E-state index in [9.17, 15) is 0 Å². The average Bonchev–Trinajstić information content (AvgIpc) is 2.42. The van der Waals surface area contributed by atoms with Crippen molar-refractivity contribution < 1.29 is 14.0 Å². The molecule has 0 aromatic rings. The van der Waals surface area contributed by atoms with Crippen molar-refractivity contribution in [1.29, 1.82) is 0 Å². The largest absolute Gasteiger partial charge is 0.379 e. The number of hydrogen-bond acceptors (Lipinski definition) is 3. The molecule has 2 fully saturated rings. The van der Waals surface area contributed by atoms with Crippen molar-refractivity contribution >= 4 is 0 Å². The molecule has 0 bridgehead atoms. The van der Waals surface area contributed by atoms with E-state index < -0.39 is 0 Å². The summed E-state index contributed by atoms with van der Waals surface area (Å²) in [7, 11) is 0. The van der Waals surface area contributed by atoms with E-state index >= 15 is 0 Å². The molecule has 0 radical (unpaired) electrons. The van der Waals surface area contributed by atoms with Crippen molar-refractivity contribution in [1.82, 2.24) is 5.32 Å². The summed E-state index contributed by atoms with van der Waals surface area (Å²) in [5.41, 5.74) is 0. The third-order valence-electron chi connectivity index (χ3n) is 3.61. The molecule has 0 unspecified atom stereocenters. The van der Waals surface area contributed by atoms with Crippen LogP contribution in [0.25, 0.3) is 0 Å². The van der Waals surface area contributed by atoms with Gasteiger partial charge in [-0.15, -0.1) is 0 Å². The van der Waals surface area contributed by atoms with Crippen molar-refractivity contribution in [3.63, 3.8) is 0 Å². The molecule has 0 aromatic heterocycles. The number of ether oxygens (including phenoxy) is 2. The predicted molar refractivity (Wildman–Crippen MR) is 65.6 cm³/mol. The summed E-state index contributed by atoms with van der Waals surface area (Å²) >= 11 is 0. The van der Waals surface area contributed by atoms with Gasteiger partial charge in [-0.3, -0.25) is 0 Å². The number of rotatable bonds is 2. The van der Waals surface area contributed by atoms with Gasteiger partial charge in [-0.25, -0.2) is 0 Å². The molecule has 2 rings (SSSR count). The first-order valence-electron chi connectivity index (χ1n) is 6.54. The molecule has 0 amide bonds. The molecular formula is C12H27N2O2+. The molecule has 0 spiro atoms. The standard InChI is InChI=1S/C8H18NO.C4H9NO/c1-3-9(4-2)5-7-10-8-6-9;1-3-6-4-2-5-1/h3-8H2,1-2H3;5H,1-4H2/q+1;. The number of quaternary nitrogens is 1. The zero-order valence-electron chi connectivity index (χ0n) is 10.8. The van der Waals surface area contributed by atoms with E-state index in [2.05, 4.69) is 19.2 Å². The maximum atomic E-state index is 5.31. The van der Waals surface area contributed by atoms with Crippen LogP contribution in [-0.4, -0.2) is 70.2 Å². The topological polar surface area (TPSA) is 30.5 Å². The first kappa shape index (κ1) is 13.9. The van der Waals surface area contributed by atoms with Crippen molar-refractivity contribution in [2.45, 2.75) is 13.8 Å². The lowest BCUT2D eigenvalue weighted by Gasteiger charge is -2.39. The Kier molecular flexibility index (Phi) is 6.96. The lowest BCUT2D eigenvalue weighted by molar-refractivity contribution is -0.931. The molecule has 0 saturated carbocycles. The van der Waals surface area contributed by atoms with Gasteiger partial charge in [0.2, 0.25) is 0 Å². The van der Waals surface area contributed by atoms with Crippen LogP contribution in [0.2, 0.25) is 0 Å². The maximum absolute atomic E-state index is 5.31. The Morgan fingerprint density at radius 3 is 1.62 bits per heavy atom. The first-order chi connectivity index (χ1) is 7.83. The molecule has 2 heterocycles. The highest BCUT2D eigenvalue weighted by molar-refractivity contribution is 4.49. The Morgan fingerprint density at radius 1 is 0.875 bits per heavy atom. The summed E-state index contributed by atoms with van der Waals surface area (Å²) < 4.78 is 11.6. The smallest absolute Gasteiger partial charge is 0.102 e. The predicted octanol–water partition coefficient (Wildman–Crippen LogP) is 0.479. The molecule has 0 atom stereocenters. The zero-order valence-corrected chi connectivity index (χ0v) is 10.8. The highest BCUT2D eigenvalue weighted by Crippen LogP contribution is 2.09. The SMILES string of the molecule is C1COCCN1.CC[N+]1(CC)CCOCC1. The van der Waals surface area contributed by atoms with E-state index in [1.165, 1.54) is 30.7 Å². The Balaban J connectivity index is 0.000000181. The van der Waals surface area contributed by atoms with Gasteiger partial charge in [0.15, 0.2) is 0 Å². The van der Waals surface area contributed by atoms with Crippen LogP contribution in [0.1, 0.15) is 13.8 Å². The molecule has 2 saturated heterocycles. The van der Waals surface area contributed by atoms with Crippen molar-refractivity contribution in [2.75, 3.05) is 65.7 Å². The van der Waals surface area contributed by atoms with Crippen LogP contribution in [0.5, 0.6) is 0 Å². The van der Waals surface area contributed by atoms with Crippen LogP contribution in [0.4, 0.5) is 0 Å². The van der Waals surface area contributed by atoms with Gasteiger partial charge in [-0.1, -0.05) is 0 Å². The number of nitrogens with zero attached hydrogens (tertiary/aromatic N) is 1. The Hall–Kier alpha value is -0.160. The molecule has 4 heteroatoms. The summed E-state index contributed by atoms with van der Waals surface area (Å²) in [6.07, 6.45) is 0. The summed E-state index contributed by atoms with van der Waals surface area (Å²) in [6, 6.07) is 0. The van der Waals surface area contributed by atoms with E-state index in [1.807, 2.05) is 0 Å². The van der Waals surface area contributed by atoms with E-state index in [0.717, 1.165) is 39.5 Å². The fourth-order valence-electron chi connectivity index (χ4n) is 2.10. The first-order valence-corrected chi connectivity index (χ1v) is 6.54. The Bertz CT molecular complexity index is 149. The zero-order chi connectivity index (χ0) is 11.7. The molecule has 0 aliphatic carbocycles. The molecule has 0 aromatic carbocycles. The molecule has 96 valence electrons. The van der Waals surface area contributed by atoms with Crippen molar-refractivity contribution in [2.24, 2.45) is 0 Å². The average molecular weight is 231 g/mol. The lowest BCUT2D eigenvalue weighted by atomic mass is 10.3. The van der Waals surface area contributed by atoms with Crippen LogP contribution in [0.15, 0.2) is 0 Å². The summed E-state index contributed by atoms with van der Waals surface area (Å²) in [5.74, 6) is 0. The van der Waals surface area contributed by atoms with Gasteiger partial charge in [-0.05, 0) is 13.8 Å². The van der Waals surface area contributed by atoms with E-state index in [-0.39, 0.29) is 0 Å².